The number of methoxy groups -OCH3 is 1. The second-order valence-corrected chi connectivity index (χ2v) is 5.96. The minimum atomic E-state index is -0.217. The predicted molar refractivity (Wildman–Crippen MR) is 102 cm³/mol. The van der Waals surface area contributed by atoms with Crippen molar-refractivity contribution in [2.24, 2.45) is 0 Å². The minimum absolute atomic E-state index is 0.0520. The van der Waals surface area contributed by atoms with Crippen LogP contribution in [-0.4, -0.2) is 19.6 Å². The van der Waals surface area contributed by atoms with Gasteiger partial charge in [0, 0.05) is 11.8 Å². The van der Waals surface area contributed by atoms with Gasteiger partial charge in [-0.3, -0.25) is 4.79 Å². The third-order valence-electron chi connectivity index (χ3n) is 3.75. The topological polar surface area (TPSA) is 71.3 Å². The van der Waals surface area contributed by atoms with E-state index in [1.165, 1.54) is 18.7 Å². The molecule has 5 nitrogen and oxygen atoms in total. The van der Waals surface area contributed by atoms with Gasteiger partial charge in [0.15, 0.2) is 18.1 Å². The molecule has 2 aromatic carbocycles. The second-order valence-electron chi connectivity index (χ2n) is 5.96. The molecule has 0 atom stereocenters. The average Bonchev–Trinajstić information content (AvgIpc) is 2.65. The molecular weight excluding hydrogens is 328 g/mol. The van der Waals surface area contributed by atoms with E-state index in [2.05, 4.69) is 19.2 Å². The van der Waals surface area contributed by atoms with Gasteiger partial charge >= 0.3 is 0 Å². The van der Waals surface area contributed by atoms with Gasteiger partial charge in [-0.05, 0) is 47.4 Å². The van der Waals surface area contributed by atoms with Crippen LogP contribution in [0.25, 0.3) is 6.08 Å². The van der Waals surface area contributed by atoms with Crippen molar-refractivity contribution in [3.05, 3.63) is 59.7 Å². The molecule has 0 bridgehead atoms. The van der Waals surface area contributed by atoms with Gasteiger partial charge in [-0.2, -0.15) is 5.26 Å². The van der Waals surface area contributed by atoms with E-state index in [0.29, 0.717) is 17.4 Å². The summed E-state index contributed by atoms with van der Waals surface area (Å²) in [7, 11) is 1.52. The lowest BCUT2D eigenvalue weighted by Gasteiger charge is -2.09. The molecule has 1 N–H and O–H groups in total. The molecule has 0 aromatic heterocycles. The van der Waals surface area contributed by atoms with Gasteiger partial charge in [0.2, 0.25) is 5.91 Å². The number of hydrogen-bond donors (Lipinski definition) is 1. The summed E-state index contributed by atoms with van der Waals surface area (Å²) in [6, 6.07) is 15.0. The fourth-order valence-corrected chi connectivity index (χ4v) is 2.32. The van der Waals surface area contributed by atoms with Crippen molar-refractivity contribution in [1.29, 1.82) is 5.26 Å². The molecule has 134 valence electrons. The maximum Gasteiger partial charge on any atom is 0.248 e. The van der Waals surface area contributed by atoms with Crippen LogP contribution in [0.2, 0.25) is 0 Å². The maximum atomic E-state index is 12.1. The number of carbonyl (C=O) groups is 1. The summed E-state index contributed by atoms with van der Waals surface area (Å²) >= 11 is 0. The number of benzene rings is 2. The van der Waals surface area contributed by atoms with Crippen molar-refractivity contribution in [3.63, 3.8) is 0 Å². The van der Waals surface area contributed by atoms with Crippen molar-refractivity contribution >= 4 is 17.7 Å². The SMILES string of the molecule is COc1cc(/C=C/C(=O)Nc2ccc(C(C)C)cc2)ccc1OCC#N. The number of anilines is 1. The van der Waals surface area contributed by atoms with Gasteiger partial charge in [0.05, 0.1) is 7.11 Å². The molecule has 0 spiro atoms. The summed E-state index contributed by atoms with van der Waals surface area (Å²) in [6.45, 7) is 4.20. The highest BCUT2D eigenvalue weighted by Gasteiger charge is 2.05. The standard InChI is InChI=1S/C21H22N2O3/c1-15(2)17-6-8-18(9-7-17)23-21(24)11-5-16-4-10-19(26-13-12-22)20(14-16)25-3/h4-11,14-15H,13H2,1-3H3,(H,23,24)/b11-5+. The van der Waals surface area contributed by atoms with Crippen LogP contribution in [0.1, 0.15) is 30.9 Å². The third-order valence-corrected chi connectivity index (χ3v) is 3.75. The fourth-order valence-electron chi connectivity index (χ4n) is 2.32. The second kappa shape index (κ2) is 9.28. The number of rotatable bonds is 7. The molecular formula is C21H22N2O3. The van der Waals surface area contributed by atoms with Crippen LogP contribution < -0.4 is 14.8 Å². The van der Waals surface area contributed by atoms with E-state index in [0.717, 1.165) is 11.3 Å². The van der Waals surface area contributed by atoms with Crippen LogP contribution in [0, 0.1) is 11.3 Å². The number of hydrogen-bond acceptors (Lipinski definition) is 4. The molecule has 0 saturated carbocycles. The van der Waals surface area contributed by atoms with Crippen molar-refractivity contribution in [2.75, 3.05) is 19.0 Å². The first-order valence-electron chi connectivity index (χ1n) is 8.30. The van der Waals surface area contributed by atoms with Crippen LogP contribution in [-0.2, 0) is 4.79 Å². The fraction of sp³-hybridized carbons (Fsp3) is 0.238. The number of carbonyl (C=O) groups excluding carboxylic acids is 1. The molecule has 0 unspecified atom stereocenters. The Morgan fingerprint density at radius 2 is 1.92 bits per heavy atom. The van der Waals surface area contributed by atoms with Gasteiger partial charge in [-0.25, -0.2) is 0 Å². The zero-order valence-electron chi connectivity index (χ0n) is 15.2. The first kappa shape index (κ1) is 19.1. The number of nitrogens with one attached hydrogen (secondary N) is 1. The lowest BCUT2D eigenvalue weighted by atomic mass is 10.0. The number of ether oxygens (including phenoxy) is 2. The maximum absolute atomic E-state index is 12.1. The zero-order valence-corrected chi connectivity index (χ0v) is 15.2. The zero-order chi connectivity index (χ0) is 18.9. The highest BCUT2D eigenvalue weighted by atomic mass is 16.5. The van der Waals surface area contributed by atoms with E-state index in [1.54, 1.807) is 24.3 Å². The Hall–Kier alpha value is -3.26. The van der Waals surface area contributed by atoms with E-state index < -0.39 is 0 Å². The highest BCUT2D eigenvalue weighted by Crippen LogP contribution is 2.28. The van der Waals surface area contributed by atoms with Gasteiger partial charge in [0.1, 0.15) is 6.07 Å². The van der Waals surface area contributed by atoms with Crippen LogP contribution >= 0.6 is 0 Å². The predicted octanol–water partition coefficient (Wildman–Crippen LogP) is 4.37. The molecule has 0 aliphatic heterocycles. The van der Waals surface area contributed by atoms with Crippen LogP contribution in [0.15, 0.2) is 48.5 Å². The van der Waals surface area contributed by atoms with Crippen molar-refractivity contribution in [1.82, 2.24) is 0 Å². The van der Waals surface area contributed by atoms with E-state index >= 15 is 0 Å². The van der Waals surface area contributed by atoms with E-state index in [1.807, 2.05) is 30.3 Å². The molecule has 0 fully saturated rings. The third kappa shape index (κ3) is 5.38. The molecule has 2 rings (SSSR count). The summed E-state index contributed by atoms with van der Waals surface area (Å²) in [5.41, 5.74) is 2.77. The summed E-state index contributed by atoms with van der Waals surface area (Å²) in [6.07, 6.45) is 3.15. The molecule has 0 saturated heterocycles. The number of nitriles is 1. The quantitative estimate of drug-likeness (QED) is 0.753. The van der Waals surface area contributed by atoms with Crippen molar-refractivity contribution in [3.8, 4) is 17.6 Å². The number of amides is 1. The average molecular weight is 350 g/mol. The first-order valence-corrected chi connectivity index (χ1v) is 8.30. The van der Waals surface area contributed by atoms with Crippen LogP contribution in [0.3, 0.4) is 0 Å². The van der Waals surface area contributed by atoms with E-state index in [9.17, 15) is 4.79 Å². The van der Waals surface area contributed by atoms with Crippen molar-refractivity contribution < 1.29 is 14.3 Å². The van der Waals surface area contributed by atoms with Crippen LogP contribution in [0.4, 0.5) is 5.69 Å². The Bertz CT molecular complexity index is 818. The summed E-state index contributed by atoms with van der Waals surface area (Å²) in [4.78, 5) is 12.1. The molecule has 2 aromatic rings. The molecule has 0 aliphatic carbocycles. The Morgan fingerprint density at radius 3 is 2.54 bits per heavy atom. The molecule has 0 heterocycles. The van der Waals surface area contributed by atoms with Gasteiger partial charge in [-0.1, -0.05) is 32.0 Å². The summed E-state index contributed by atoms with van der Waals surface area (Å²) in [5.74, 6) is 1.23. The molecule has 1 amide bonds. The first-order chi connectivity index (χ1) is 12.5. The lowest BCUT2D eigenvalue weighted by Crippen LogP contribution is -2.07. The van der Waals surface area contributed by atoms with E-state index in [4.69, 9.17) is 14.7 Å². The Morgan fingerprint density at radius 1 is 1.19 bits per heavy atom. The van der Waals surface area contributed by atoms with Gasteiger partial charge in [-0.15, -0.1) is 0 Å². The summed E-state index contributed by atoms with van der Waals surface area (Å²) in [5, 5.41) is 11.4. The minimum Gasteiger partial charge on any atom is -0.493 e. The normalized spacial score (nSPS) is 10.6. The lowest BCUT2D eigenvalue weighted by molar-refractivity contribution is -0.111. The Kier molecular flexibility index (Phi) is 6.81. The highest BCUT2D eigenvalue weighted by molar-refractivity contribution is 6.01. The number of nitrogens with zero attached hydrogens (tertiary/aromatic N) is 1. The summed E-state index contributed by atoms with van der Waals surface area (Å²) < 4.78 is 10.5. The molecule has 26 heavy (non-hydrogen) atoms. The van der Waals surface area contributed by atoms with Crippen molar-refractivity contribution in [2.45, 2.75) is 19.8 Å². The molecule has 5 heteroatoms. The van der Waals surface area contributed by atoms with Crippen LogP contribution in [0.5, 0.6) is 11.5 Å². The Balaban J connectivity index is 2.02. The smallest absolute Gasteiger partial charge is 0.248 e. The molecule has 0 radical (unpaired) electrons. The largest absolute Gasteiger partial charge is 0.493 e. The monoisotopic (exact) mass is 350 g/mol. The Labute approximate surface area is 153 Å². The van der Waals surface area contributed by atoms with Gasteiger partial charge in [0.25, 0.3) is 0 Å². The van der Waals surface area contributed by atoms with E-state index in [-0.39, 0.29) is 12.5 Å². The molecule has 0 aliphatic rings. The van der Waals surface area contributed by atoms with Gasteiger partial charge < -0.3 is 14.8 Å².